The molecule has 22 heavy (non-hydrogen) atoms. The average Bonchev–Trinajstić information content (AvgIpc) is 2.48. The molecule has 1 aliphatic rings. The third-order valence-corrected chi connectivity index (χ3v) is 3.99. The summed E-state index contributed by atoms with van der Waals surface area (Å²) in [6, 6.07) is 0. The Labute approximate surface area is 140 Å². The van der Waals surface area contributed by atoms with Crippen LogP contribution >= 0.6 is 15.9 Å². The summed E-state index contributed by atoms with van der Waals surface area (Å²) in [5, 5.41) is 0. The van der Waals surface area contributed by atoms with Crippen LogP contribution in [0.25, 0.3) is 0 Å². The molecule has 1 unspecified atom stereocenters. The molecule has 0 saturated carbocycles. The van der Waals surface area contributed by atoms with E-state index in [1.165, 1.54) is 7.11 Å². The molecule has 0 fully saturated rings. The molecule has 0 radical (unpaired) electrons. The highest BCUT2D eigenvalue weighted by Gasteiger charge is 2.37. The van der Waals surface area contributed by atoms with Crippen molar-refractivity contribution in [3.8, 4) is 0 Å². The minimum Gasteiger partial charge on any atom is -0.473 e. The summed E-state index contributed by atoms with van der Waals surface area (Å²) in [6.07, 6.45) is 12.3. The van der Waals surface area contributed by atoms with Crippen molar-refractivity contribution in [3.05, 3.63) is 48.5 Å². The zero-order chi connectivity index (χ0) is 16.4. The summed E-state index contributed by atoms with van der Waals surface area (Å²) in [5.41, 5.74) is 0. The van der Waals surface area contributed by atoms with Crippen LogP contribution in [0.3, 0.4) is 0 Å². The van der Waals surface area contributed by atoms with Gasteiger partial charge in [-0.15, -0.1) is 6.58 Å². The second-order valence-electron chi connectivity index (χ2n) is 4.82. The van der Waals surface area contributed by atoms with Gasteiger partial charge in [0.05, 0.1) is 5.76 Å². The van der Waals surface area contributed by atoms with E-state index in [9.17, 15) is 4.79 Å². The van der Waals surface area contributed by atoms with Gasteiger partial charge in [0, 0.05) is 20.0 Å². The lowest BCUT2D eigenvalue weighted by Gasteiger charge is -2.31. The van der Waals surface area contributed by atoms with Crippen LogP contribution in [0.4, 0.5) is 0 Å². The van der Waals surface area contributed by atoms with Gasteiger partial charge in [-0.05, 0) is 40.9 Å². The fraction of sp³-hybridized carbons (Fsp3) is 0.471. The lowest BCUT2D eigenvalue weighted by molar-refractivity contribution is -0.146. The van der Waals surface area contributed by atoms with Gasteiger partial charge < -0.3 is 14.2 Å². The largest absolute Gasteiger partial charge is 0.473 e. The lowest BCUT2D eigenvalue weighted by Crippen LogP contribution is -2.31. The Kier molecular flexibility index (Phi) is 8.20. The molecule has 0 bridgehead atoms. The molecule has 1 heterocycles. The van der Waals surface area contributed by atoms with Crippen molar-refractivity contribution in [2.45, 2.75) is 37.1 Å². The maximum atomic E-state index is 11.8. The van der Waals surface area contributed by atoms with Crippen LogP contribution in [-0.4, -0.2) is 24.2 Å². The Morgan fingerprint density at radius 3 is 2.82 bits per heavy atom. The number of ether oxygens (including phenoxy) is 3. The maximum absolute atomic E-state index is 11.8. The first kappa shape index (κ1) is 18.7. The topological polar surface area (TPSA) is 44.8 Å². The first-order valence-electron chi connectivity index (χ1n) is 7.32. The van der Waals surface area contributed by atoms with Crippen LogP contribution in [-0.2, 0) is 19.0 Å². The molecule has 1 atom stereocenters. The van der Waals surface area contributed by atoms with Crippen LogP contribution in [0.5, 0.6) is 0 Å². The molecule has 0 N–H and O–H groups in total. The smallest absolute Gasteiger partial charge is 0.337 e. The molecule has 0 saturated heterocycles. The first-order chi connectivity index (χ1) is 10.6. The van der Waals surface area contributed by atoms with Gasteiger partial charge in [-0.1, -0.05) is 25.2 Å². The van der Waals surface area contributed by atoms with Crippen molar-refractivity contribution in [1.29, 1.82) is 0 Å². The van der Waals surface area contributed by atoms with Crippen molar-refractivity contribution < 1.29 is 19.0 Å². The van der Waals surface area contributed by atoms with Gasteiger partial charge in [0.25, 0.3) is 0 Å². The molecule has 0 spiro atoms. The summed E-state index contributed by atoms with van der Waals surface area (Å²) in [5.74, 6) is 0.787. The van der Waals surface area contributed by atoms with Crippen molar-refractivity contribution in [2.24, 2.45) is 0 Å². The van der Waals surface area contributed by atoms with E-state index in [0.717, 1.165) is 25.0 Å². The van der Waals surface area contributed by atoms with E-state index in [0.29, 0.717) is 12.2 Å². The number of halogens is 1. The molecular formula is C17H23BrO4. The SMILES string of the molecule is C=CCCCC1(Br)O\C(CC)=C/C=C\C=C/1OC(=O)COC. The summed E-state index contributed by atoms with van der Waals surface area (Å²) >= 11 is 3.62. The Bertz CT molecular complexity index is 479. The van der Waals surface area contributed by atoms with E-state index in [1.807, 2.05) is 31.2 Å². The van der Waals surface area contributed by atoms with Gasteiger partial charge in [-0.25, -0.2) is 4.79 Å². The van der Waals surface area contributed by atoms with E-state index < -0.39 is 10.5 Å². The summed E-state index contributed by atoms with van der Waals surface area (Å²) in [4.78, 5) is 11.8. The van der Waals surface area contributed by atoms with Gasteiger partial charge in [0.15, 0.2) is 5.76 Å². The molecule has 122 valence electrons. The van der Waals surface area contributed by atoms with E-state index in [4.69, 9.17) is 14.2 Å². The van der Waals surface area contributed by atoms with Crippen molar-refractivity contribution in [3.63, 3.8) is 0 Å². The van der Waals surface area contributed by atoms with Crippen LogP contribution < -0.4 is 0 Å². The molecule has 0 amide bonds. The number of carbonyl (C=O) groups is 1. The Morgan fingerprint density at radius 2 is 2.18 bits per heavy atom. The number of esters is 1. The highest BCUT2D eigenvalue weighted by molar-refractivity contribution is 9.10. The van der Waals surface area contributed by atoms with E-state index in [2.05, 4.69) is 22.5 Å². The molecule has 1 rings (SSSR count). The monoisotopic (exact) mass is 370 g/mol. The van der Waals surface area contributed by atoms with Crippen molar-refractivity contribution in [2.75, 3.05) is 13.7 Å². The third-order valence-electron chi connectivity index (χ3n) is 3.04. The quantitative estimate of drug-likeness (QED) is 0.275. The number of hydrogen-bond acceptors (Lipinski definition) is 4. The highest BCUT2D eigenvalue weighted by atomic mass is 79.9. The average molecular weight is 371 g/mol. The zero-order valence-electron chi connectivity index (χ0n) is 13.1. The maximum Gasteiger partial charge on any atom is 0.337 e. The second kappa shape index (κ2) is 9.64. The number of unbranched alkanes of at least 4 members (excludes halogenated alkanes) is 1. The number of rotatable bonds is 8. The van der Waals surface area contributed by atoms with Gasteiger partial charge in [-0.2, -0.15) is 0 Å². The van der Waals surface area contributed by atoms with Crippen LogP contribution in [0.2, 0.25) is 0 Å². The van der Waals surface area contributed by atoms with Gasteiger partial charge in [0.1, 0.15) is 6.61 Å². The number of alkyl halides is 1. The molecule has 4 nitrogen and oxygen atoms in total. The van der Waals surface area contributed by atoms with E-state index in [-0.39, 0.29) is 6.61 Å². The minimum absolute atomic E-state index is 0.104. The van der Waals surface area contributed by atoms with E-state index in [1.54, 1.807) is 6.08 Å². The third kappa shape index (κ3) is 5.81. The number of carbonyl (C=O) groups excluding carboxylic acids is 1. The molecule has 0 aliphatic carbocycles. The predicted octanol–water partition coefficient (Wildman–Crippen LogP) is 4.39. The molecular weight excluding hydrogens is 348 g/mol. The van der Waals surface area contributed by atoms with E-state index >= 15 is 0 Å². The van der Waals surface area contributed by atoms with Gasteiger partial charge in [0.2, 0.25) is 4.51 Å². The molecule has 5 heteroatoms. The lowest BCUT2D eigenvalue weighted by atomic mass is 10.1. The normalized spacial score (nSPS) is 27.2. The Balaban J connectivity index is 2.99. The van der Waals surface area contributed by atoms with Crippen LogP contribution in [0.15, 0.2) is 48.5 Å². The summed E-state index contributed by atoms with van der Waals surface area (Å²) < 4.78 is 15.4. The highest BCUT2D eigenvalue weighted by Crippen LogP contribution is 2.38. The fourth-order valence-corrected chi connectivity index (χ4v) is 2.64. The summed E-state index contributed by atoms with van der Waals surface area (Å²) in [7, 11) is 1.45. The van der Waals surface area contributed by atoms with Crippen LogP contribution in [0, 0.1) is 0 Å². The number of hydrogen-bond donors (Lipinski definition) is 0. The molecule has 0 aromatic carbocycles. The number of allylic oxidation sites excluding steroid dienone is 6. The van der Waals surface area contributed by atoms with Crippen LogP contribution in [0.1, 0.15) is 32.6 Å². The van der Waals surface area contributed by atoms with Gasteiger partial charge in [-0.3, -0.25) is 0 Å². The molecule has 0 aromatic heterocycles. The van der Waals surface area contributed by atoms with Gasteiger partial charge >= 0.3 is 5.97 Å². The van der Waals surface area contributed by atoms with Crippen molar-refractivity contribution >= 4 is 21.9 Å². The standard InChI is InChI=1S/C17H23BrO4/c1-4-6-9-12-17(18)15(21-16(19)13-20-3)11-8-7-10-14(5-2)22-17/h4,7-8,10-11H,1,5-6,9,12-13H2,2-3H3/b8-7-,14-10-,15-11+. The molecule has 0 aromatic rings. The summed E-state index contributed by atoms with van der Waals surface area (Å²) in [6.45, 7) is 5.64. The minimum atomic E-state index is -0.869. The Hall–Kier alpha value is -1.33. The molecule has 1 aliphatic heterocycles. The fourth-order valence-electron chi connectivity index (χ4n) is 1.94. The Morgan fingerprint density at radius 1 is 1.45 bits per heavy atom. The first-order valence-corrected chi connectivity index (χ1v) is 8.11. The zero-order valence-corrected chi connectivity index (χ0v) is 14.7. The predicted molar refractivity (Wildman–Crippen MR) is 90.4 cm³/mol. The van der Waals surface area contributed by atoms with Crippen molar-refractivity contribution in [1.82, 2.24) is 0 Å². The number of methoxy groups -OCH3 is 1. The second-order valence-corrected chi connectivity index (χ2v) is 6.10.